The average Bonchev–Trinajstić information content (AvgIpc) is 2.72. The summed E-state index contributed by atoms with van der Waals surface area (Å²) in [5, 5.41) is 2.68. The van der Waals surface area contributed by atoms with Crippen LogP contribution in [0.1, 0.15) is 11.1 Å². The molecule has 0 aliphatic carbocycles. The molecule has 1 fully saturated rings. The molecule has 1 N–H and O–H groups in total. The van der Waals surface area contributed by atoms with E-state index in [2.05, 4.69) is 27.1 Å². The number of nitrogens with zero attached hydrogens (tertiary/aromatic N) is 2. The highest BCUT2D eigenvalue weighted by Gasteiger charge is 2.32. The molecule has 2 aromatic rings. The molecule has 3 rings (SSSR count). The Bertz CT molecular complexity index is 845. The van der Waals surface area contributed by atoms with Crippen molar-refractivity contribution in [3.8, 4) is 11.5 Å². The predicted molar refractivity (Wildman–Crippen MR) is 112 cm³/mol. The third kappa shape index (κ3) is 7.52. The molecule has 0 radical (unpaired) electrons. The van der Waals surface area contributed by atoms with E-state index in [1.165, 1.54) is 24.8 Å². The molecule has 0 aromatic heterocycles. The third-order valence-electron chi connectivity index (χ3n) is 4.84. The summed E-state index contributed by atoms with van der Waals surface area (Å²) < 4.78 is 47.1. The van der Waals surface area contributed by atoms with Gasteiger partial charge < -0.3 is 19.7 Å². The van der Waals surface area contributed by atoms with Crippen LogP contribution in [-0.2, 0) is 13.1 Å². The van der Waals surface area contributed by atoms with Crippen molar-refractivity contribution in [2.24, 2.45) is 0 Å². The lowest BCUT2D eigenvalue weighted by molar-refractivity contribution is -0.274. The number of urea groups is 1. The van der Waals surface area contributed by atoms with Crippen molar-refractivity contribution in [1.82, 2.24) is 15.1 Å². The number of carbonyl (C=O) groups excluding carboxylic acids is 1. The lowest BCUT2D eigenvalue weighted by Gasteiger charge is -2.34. The predicted octanol–water partition coefficient (Wildman–Crippen LogP) is 4.04. The summed E-state index contributed by atoms with van der Waals surface area (Å²) in [6.45, 7) is 3.29. The van der Waals surface area contributed by atoms with E-state index in [1.54, 1.807) is 4.90 Å². The summed E-state index contributed by atoms with van der Waals surface area (Å²) in [6, 6.07) is 13.9. The van der Waals surface area contributed by atoms with Gasteiger partial charge in [-0.2, -0.15) is 0 Å². The van der Waals surface area contributed by atoms with Crippen LogP contribution < -0.4 is 14.8 Å². The number of hydrogen-bond donors (Lipinski definition) is 1. The van der Waals surface area contributed by atoms with Gasteiger partial charge in [-0.25, -0.2) is 4.79 Å². The molecular formula is C21H25ClF3N3O3. The number of alkyl halides is 3. The number of ether oxygens (including phenoxy) is 2. The Balaban J connectivity index is 0.00000341. The molecule has 0 unspecified atom stereocenters. The first-order valence-corrected chi connectivity index (χ1v) is 9.56. The Kier molecular flexibility index (Phi) is 8.82. The monoisotopic (exact) mass is 459 g/mol. The Labute approximate surface area is 185 Å². The van der Waals surface area contributed by atoms with Crippen molar-refractivity contribution in [1.29, 1.82) is 0 Å². The molecule has 0 spiro atoms. The highest BCUT2D eigenvalue weighted by Crippen LogP contribution is 2.30. The average molecular weight is 460 g/mol. The minimum absolute atomic E-state index is 0. The van der Waals surface area contributed by atoms with Crippen molar-refractivity contribution >= 4 is 18.4 Å². The van der Waals surface area contributed by atoms with E-state index in [9.17, 15) is 18.0 Å². The second kappa shape index (κ2) is 11.1. The largest absolute Gasteiger partial charge is 0.573 e. The van der Waals surface area contributed by atoms with E-state index in [-0.39, 0.29) is 36.3 Å². The van der Waals surface area contributed by atoms with Crippen molar-refractivity contribution < 1.29 is 27.4 Å². The fraction of sp³-hybridized carbons (Fsp3) is 0.381. The maximum atomic E-state index is 12.7. The first-order valence-electron chi connectivity index (χ1n) is 9.56. The second-order valence-electron chi connectivity index (χ2n) is 6.93. The first-order chi connectivity index (χ1) is 14.3. The van der Waals surface area contributed by atoms with Gasteiger partial charge in [0.15, 0.2) is 0 Å². The van der Waals surface area contributed by atoms with E-state index >= 15 is 0 Å². The smallest absolute Gasteiger partial charge is 0.497 e. The van der Waals surface area contributed by atoms with Gasteiger partial charge in [0.2, 0.25) is 0 Å². The fourth-order valence-corrected chi connectivity index (χ4v) is 3.26. The molecule has 2 aromatic carbocycles. The molecule has 0 saturated carbocycles. The number of amides is 2. The fourth-order valence-electron chi connectivity index (χ4n) is 3.26. The molecule has 1 heterocycles. The van der Waals surface area contributed by atoms with Crippen LogP contribution >= 0.6 is 12.4 Å². The zero-order chi connectivity index (χ0) is 21.6. The van der Waals surface area contributed by atoms with Crippen LogP contribution in [0.4, 0.5) is 18.0 Å². The van der Waals surface area contributed by atoms with E-state index < -0.39 is 12.1 Å². The SMILES string of the molecule is COc1ccc(CNC(=O)N2CCN(Cc3ccccc3)CC2)c(OC(F)(F)F)c1.Cl. The summed E-state index contributed by atoms with van der Waals surface area (Å²) in [5.41, 5.74) is 1.43. The molecule has 0 bridgehead atoms. The van der Waals surface area contributed by atoms with Crippen molar-refractivity contribution in [2.75, 3.05) is 33.3 Å². The third-order valence-corrected chi connectivity index (χ3v) is 4.84. The molecule has 2 amide bonds. The molecule has 1 aliphatic heterocycles. The number of hydrogen-bond acceptors (Lipinski definition) is 4. The van der Waals surface area contributed by atoms with Crippen LogP contribution in [0.2, 0.25) is 0 Å². The van der Waals surface area contributed by atoms with E-state index in [1.807, 2.05) is 18.2 Å². The molecule has 170 valence electrons. The zero-order valence-electron chi connectivity index (χ0n) is 17.0. The van der Waals surface area contributed by atoms with Gasteiger partial charge in [-0.15, -0.1) is 25.6 Å². The van der Waals surface area contributed by atoms with Gasteiger partial charge in [0, 0.05) is 50.9 Å². The van der Waals surface area contributed by atoms with Gasteiger partial charge >= 0.3 is 12.4 Å². The minimum Gasteiger partial charge on any atom is -0.497 e. The van der Waals surface area contributed by atoms with Crippen LogP contribution in [0.5, 0.6) is 11.5 Å². The summed E-state index contributed by atoms with van der Waals surface area (Å²) >= 11 is 0. The number of benzene rings is 2. The summed E-state index contributed by atoms with van der Waals surface area (Å²) in [4.78, 5) is 16.4. The highest BCUT2D eigenvalue weighted by atomic mass is 35.5. The summed E-state index contributed by atoms with van der Waals surface area (Å²) in [7, 11) is 1.35. The van der Waals surface area contributed by atoms with Crippen molar-refractivity contribution in [2.45, 2.75) is 19.5 Å². The number of nitrogens with one attached hydrogen (secondary N) is 1. The van der Waals surface area contributed by atoms with Crippen LogP contribution in [-0.4, -0.2) is 55.5 Å². The van der Waals surface area contributed by atoms with E-state index in [0.717, 1.165) is 25.7 Å². The number of rotatable bonds is 6. The Morgan fingerprint density at radius 2 is 1.74 bits per heavy atom. The van der Waals surface area contributed by atoms with E-state index in [4.69, 9.17) is 4.74 Å². The van der Waals surface area contributed by atoms with Gasteiger partial charge in [0.1, 0.15) is 11.5 Å². The molecule has 1 aliphatic rings. The zero-order valence-corrected chi connectivity index (χ0v) is 17.8. The quantitative estimate of drug-likeness (QED) is 0.708. The Morgan fingerprint density at radius 1 is 1.06 bits per heavy atom. The molecule has 1 saturated heterocycles. The molecule has 6 nitrogen and oxygen atoms in total. The maximum absolute atomic E-state index is 12.7. The van der Waals surface area contributed by atoms with Crippen molar-refractivity contribution in [3.63, 3.8) is 0 Å². The van der Waals surface area contributed by atoms with Crippen LogP contribution in [0.25, 0.3) is 0 Å². The standard InChI is InChI=1S/C21H24F3N3O3.ClH/c1-29-18-8-7-17(19(13-18)30-21(22,23)24)14-25-20(28)27-11-9-26(10-12-27)15-16-5-3-2-4-6-16;/h2-8,13H,9-12,14-15H2,1H3,(H,25,28);1H. The maximum Gasteiger partial charge on any atom is 0.573 e. The minimum atomic E-state index is -4.83. The number of piperazine rings is 1. The van der Waals surface area contributed by atoms with E-state index in [0.29, 0.717) is 13.1 Å². The van der Waals surface area contributed by atoms with Gasteiger partial charge in [-0.1, -0.05) is 30.3 Å². The van der Waals surface area contributed by atoms with Crippen LogP contribution in [0.15, 0.2) is 48.5 Å². The molecule has 0 atom stereocenters. The van der Waals surface area contributed by atoms with Gasteiger partial charge in [-0.3, -0.25) is 4.90 Å². The van der Waals surface area contributed by atoms with Gasteiger partial charge in [0.25, 0.3) is 0 Å². The summed E-state index contributed by atoms with van der Waals surface area (Å²) in [6.07, 6.45) is -4.83. The molecule has 10 heteroatoms. The molecule has 31 heavy (non-hydrogen) atoms. The van der Waals surface area contributed by atoms with Crippen molar-refractivity contribution in [3.05, 3.63) is 59.7 Å². The van der Waals surface area contributed by atoms with Crippen LogP contribution in [0, 0.1) is 0 Å². The Morgan fingerprint density at radius 3 is 2.35 bits per heavy atom. The lowest BCUT2D eigenvalue weighted by Crippen LogP contribution is -2.51. The second-order valence-corrected chi connectivity index (χ2v) is 6.93. The number of methoxy groups -OCH3 is 1. The number of carbonyl (C=O) groups is 1. The first kappa shape index (κ1) is 24.6. The topological polar surface area (TPSA) is 54.0 Å². The lowest BCUT2D eigenvalue weighted by atomic mass is 10.2. The molecular weight excluding hydrogens is 435 g/mol. The number of halogens is 4. The Hall–Kier alpha value is -2.65. The summed E-state index contributed by atoms with van der Waals surface area (Å²) in [5.74, 6) is -0.159. The normalized spacial score (nSPS) is 14.5. The van der Waals surface area contributed by atoms with Gasteiger partial charge in [0.05, 0.1) is 7.11 Å². The van der Waals surface area contributed by atoms with Crippen LogP contribution in [0.3, 0.4) is 0 Å². The highest BCUT2D eigenvalue weighted by molar-refractivity contribution is 5.85. The van der Waals surface area contributed by atoms with Gasteiger partial charge in [-0.05, 0) is 17.7 Å².